The summed E-state index contributed by atoms with van der Waals surface area (Å²) in [6, 6.07) is 5.33. The van der Waals surface area contributed by atoms with Crippen LogP contribution in [0.3, 0.4) is 0 Å². The number of amidine groups is 1. The van der Waals surface area contributed by atoms with Crippen LogP contribution in [0.5, 0.6) is 17.2 Å². The average molecular weight is 572 g/mol. The van der Waals surface area contributed by atoms with Gasteiger partial charge >= 0.3 is 5.97 Å². The van der Waals surface area contributed by atoms with E-state index in [-0.39, 0.29) is 53.6 Å². The summed E-state index contributed by atoms with van der Waals surface area (Å²) >= 11 is 0. The van der Waals surface area contributed by atoms with Gasteiger partial charge in [-0.05, 0) is 55.9 Å². The SMILES string of the molecule is CCN(CC)c1cc(C(=O)CN2Cc3cc(OC)c(OC)c(F)c3C2=N)cc(C(C)(C)C)c1OCCCCC(=O)O. The summed E-state index contributed by atoms with van der Waals surface area (Å²) in [6.07, 6.45) is 1.20. The third-order valence-corrected chi connectivity index (χ3v) is 7.28. The molecule has 0 aliphatic carbocycles. The fraction of sp³-hybridized carbons (Fsp3) is 0.516. The summed E-state index contributed by atoms with van der Waals surface area (Å²) in [6.45, 7) is 12.1. The smallest absolute Gasteiger partial charge is 0.303 e. The zero-order chi connectivity index (χ0) is 30.5. The number of benzene rings is 2. The molecule has 0 fully saturated rings. The second-order valence-corrected chi connectivity index (χ2v) is 11.1. The van der Waals surface area contributed by atoms with E-state index in [0.29, 0.717) is 49.4 Å². The minimum Gasteiger partial charge on any atom is -0.493 e. The third kappa shape index (κ3) is 6.92. The first-order valence-corrected chi connectivity index (χ1v) is 14.0. The molecule has 224 valence electrons. The van der Waals surface area contributed by atoms with Gasteiger partial charge < -0.3 is 29.1 Å². The van der Waals surface area contributed by atoms with E-state index in [4.69, 9.17) is 24.7 Å². The third-order valence-electron chi connectivity index (χ3n) is 7.28. The predicted octanol–water partition coefficient (Wildman–Crippen LogP) is 5.64. The maximum absolute atomic E-state index is 15.2. The van der Waals surface area contributed by atoms with E-state index in [9.17, 15) is 9.59 Å². The van der Waals surface area contributed by atoms with Gasteiger partial charge in [-0.25, -0.2) is 4.39 Å². The molecule has 1 aliphatic rings. The summed E-state index contributed by atoms with van der Waals surface area (Å²) < 4.78 is 32.0. The Balaban J connectivity index is 1.95. The van der Waals surface area contributed by atoms with Gasteiger partial charge in [-0.2, -0.15) is 0 Å². The molecule has 0 saturated carbocycles. The van der Waals surface area contributed by atoms with Crippen LogP contribution in [0.4, 0.5) is 10.1 Å². The van der Waals surface area contributed by atoms with E-state index in [1.807, 2.05) is 26.0 Å². The lowest BCUT2D eigenvalue weighted by Gasteiger charge is -2.31. The number of unbranched alkanes of at least 4 members (excludes halogenated alkanes) is 1. The quantitative estimate of drug-likeness (QED) is 0.221. The van der Waals surface area contributed by atoms with Gasteiger partial charge in [0.15, 0.2) is 23.1 Å². The number of hydrogen-bond acceptors (Lipinski definition) is 7. The number of nitrogens with one attached hydrogen (secondary N) is 1. The molecule has 0 spiro atoms. The number of aliphatic carboxylic acids is 1. The second-order valence-electron chi connectivity index (χ2n) is 11.1. The lowest BCUT2D eigenvalue weighted by molar-refractivity contribution is -0.137. The molecule has 0 bridgehead atoms. The van der Waals surface area contributed by atoms with Crippen LogP contribution < -0.4 is 19.1 Å². The number of fused-ring (bicyclic) bond motifs is 1. The number of carboxylic acids is 1. The van der Waals surface area contributed by atoms with E-state index in [1.165, 1.54) is 14.2 Å². The fourth-order valence-corrected chi connectivity index (χ4v) is 5.06. The van der Waals surface area contributed by atoms with Crippen LogP contribution in [0.15, 0.2) is 18.2 Å². The van der Waals surface area contributed by atoms with Crippen LogP contribution in [-0.2, 0) is 16.8 Å². The van der Waals surface area contributed by atoms with Crippen LogP contribution in [0.25, 0.3) is 0 Å². The van der Waals surface area contributed by atoms with Crippen molar-refractivity contribution in [2.24, 2.45) is 0 Å². The van der Waals surface area contributed by atoms with Gasteiger partial charge in [-0.1, -0.05) is 20.8 Å². The normalized spacial score (nSPS) is 12.8. The first-order chi connectivity index (χ1) is 19.4. The van der Waals surface area contributed by atoms with Crippen LogP contribution in [0, 0.1) is 11.2 Å². The second kappa shape index (κ2) is 13.2. The van der Waals surface area contributed by atoms with Crippen molar-refractivity contribution in [2.75, 3.05) is 45.4 Å². The van der Waals surface area contributed by atoms with Crippen molar-refractivity contribution in [1.82, 2.24) is 4.90 Å². The van der Waals surface area contributed by atoms with E-state index < -0.39 is 11.8 Å². The number of anilines is 1. The number of carbonyl (C=O) groups excluding carboxylic acids is 1. The molecule has 2 N–H and O–H groups in total. The van der Waals surface area contributed by atoms with E-state index in [1.54, 1.807) is 11.0 Å². The van der Waals surface area contributed by atoms with Crippen LogP contribution in [0.2, 0.25) is 0 Å². The molecule has 9 nitrogen and oxygen atoms in total. The maximum atomic E-state index is 15.2. The number of hydrogen-bond donors (Lipinski definition) is 2. The van der Waals surface area contributed by atoms with Crippen LogP contribution in [-0.4, -0.2) is 68.1 Å². The Bertz CT molecular complexity index is 1300. The highest BCUT2D eigenvalue weighted by atomic mass is 19.1. The van der Waals surface area contributed by atoms with Gasteiger partial charge in [0.1, 0.15) is 11.6 Å². The molecule has 41 heavy (non-hydrogen) atoms. The lowest BCUT2D eigenvalue weighted by atomic mass is 9.84. The molecular formula is C31H42FN3O6. The van der Waals surface area contributed by atoms with Crippen molar-refractivity contribution in [3.8, 4) is 17.2 Å². The largest absolute Gasteiger partial charge is 0.493 e. The first kappa shape index (κ1) is 31.7. The van der Waals surface area contributed by atoms with Crippen molar-refractivity contribution in [3.63, 3.8) is 0 Å². The predicted molar refractivity (Wildman–Crippen MR) is 157 cm³/mol. The summed E-state index contributed by atoms with van der Waals surface area (Å²) in [5.41, 5.74) is 2.45. The highest BCUT2D eigenvalue weighted by Crippen LogP contribution is 2.42. The number of ether oxygens (including phenoxy) is 3. The number of carbonyl (C=O) groups is 2. The van der Waals surface area contributed by atoms with E-state index in [2.05, 4.69) is 25.7 Å². The Labute approximate surface area is 241 Å². The van der Waals surface area contributed by atoms with Gasteiger partial charge in [0.25, 0.3) is 0 Å². The monoisotopic (exact) mass is 571 g/mol. The molecular weight excluding hydrogens is 529 g/mol. The molecule has 0 radical (unpaired) electrons. The van der Waals surface area contributed by atoms with E-state index >= 15 is 4.39 Å². The number of rotatable bonds is 14. The van der Waals surface area contributed by atoms with Crippen LogP contribution >= 0.6 is 0 Å². The molecule has 1 heterocycles. The highest BCUT2D eigenvalue weighted by molar-refractivity contribution is 6.06. The average Bonchev–Trinajstić information content (AvgIpc) is 3.23. The van der Waals surface area contributed by atoms with Gasteiger partial charge in [0.05, 0.1) is 38.6 Å². The van der Waals surface area contributed by atoms with E-state index in [0.717, 1.165) is 11.3 Å². The molecule has 10 heteroatoms. The summed E-state index contributed by atoms with van der Waals surface area (Å²) in [5.74, 6) is -0.922. The van der Waals surface area contributed by atoms with Crippen molar-refractivity contribution < 1.29 is 33.3 Å². The first-order valence-electron chi connectivity index (χ1n) is 14.0. The molecule has 1 aliphatic heterocycles. The lowest BCUT2D eigenvalue weighted by Crippen LogP contribution is -2.31. The molecule has 0 atom stereocenters. The Morgan fingerprint density at radius 1 is 1.07 bits per heavy atom. The van der Waals surface area contributed by atoms with Crippen LogP contribution in [0.1, 0.15) is 80.9 Å². The van der Waals surface area contributed by atoms with Gasteiger partial charge in [-0.15, -0.1) is 0 Å². The minimum absolute atomic E-state index is 0.0681. The van der Waals surface area contributed by atoms with Crippen molar-refractivity contribution in [1.29, 1.82) is 5.41 Å². The molecule has 2 aromatic carbocycles. The molecule has 0 unspecified atom stereocenters. The molecule has 0 aromatic heterocycles. The molecule has 2 aromatic rings. The molecule has 0 amide bonds. The molecule has 3 rings (SSSR count). The van der Waals surface area contributed by atoms with Crippen molar-refractivity contribution >= 4 is 23.3 Å². The Hall–Kier alpha value is -3.82. The number of nitrogens with zero attached hydrogens (tertiary/aromatic N) is 2. The maximum Gasteiger partial charge on any atom is 0.303 e. The van der Waals surface area contributed by atoms with Gasteiger partial charge in [0.2, 0.25) is 0 Å². The van der Waals surface area contributed by atoms with Crippen molar-refractivity contribution in [3.05, 3.63) is 46.3 Å². The summed E-state index contributed by atoms with van der Waals surface area (Å²) in [4.78, 5) is 28.3. The summed E-state index contributed by atoms with van der Waals surface area (Å²) in [7, 11) is 2.77. The standard InChI is InChI=1S/C31H42FN3O6/c1-8-34(9-2)22-15-19(14-21(31(3,4)5)28(22)41-13-11-10-12-25(37)38)23(36)18-35-17-20-16-24(39-6)29(40-7)27(32)26(20)30(35)33/h14-16,33H,8-13,17-18H2,1-7H3,(H,37,38). The zero-order valence-electron chi connectivity index (χ0n) is 25.1. The van der Waals surface area contributed by atoms with Crippen molar-refractivity contribution in [2.45, 2.75) is 65.8 Å². The number of carboxylic acid groups (broad SMARTS) is 1. The number of methoxy groups -OCH3 is 2. The fourth-order valence-electron chi connectivity index (χ4n) is 5.06. The highest BCUT2D eigenvalue weighted by Gasteiger charge is 2.33. The Kier molecular flexibility index (Phi) is 10.2. The Morgan fingerprint density at radius 3 is 2.32 bits per heavy atom. The molecule has 0 saturated heterocycles. The zero-order valence-corrected chi connectivity index (χ0v) is 25.1. The summed E-state index contributed by atoms with van der Waals surface area (Å²) in [5, 5.41) is 17.6. The number of ketones is 1. The minimum atomic E-state index is -0.831. The number of Topliss-reactive ketones (excluding diaryl/α,β-unsaturated/α-hetero) is 1. The van der Waals surface area contributed by atoms with Gasteiger partial charge in [0, 0.05) is 37.2 Å². The topological polar surface area (TPSA) is 112 Å². The van der Waals surface area contributed by atoms with Gasteiger partial charge in [-0.3, -0.25) is 15.0 Å². The Morgan fingerprint density at radius 2 is 1.76 bits per heavy atom. The number of halogens is 1.